The van der Waals surface area contributed by atoms with E-state index >= 15 is 0 Å². The topological polar surface area (TPSA) is 52.2 Å². The van der Waals surface area contributed by atoms with Crippen LogP contribution < -0.4 is 5.56 Å². The molecule has 0 saturated carbocycles. The van der Waals surface area contributed by atoms with E-state index in [2.05, 4.69) is 10.2 Å². The molecule has 1 aliphatic carbocycles. The van der Waals surface area contributed by atoms with E-state index in [1.54, 1.807) is 15.9 Å². The van der Waals surface area contributed by atoms with E-state index in [1.165, 1.54) is 10.4 Å². The Kier molecular flexibility index (Phi) is 2.77. The number of fused-ring (bicyclic) bond motifs is 5. The van der Waals surface area contributed by atoms with E-state index < -0.39 is 0 Å². The van der Waals surface area contributed by atoms with E-state index in [0.29, 0.717) is 5.78 Å². The summed E-state index contributed by atoms with van der Waals surface area (Å²) in [5.74, 6) is 1.41. The second kappa shape index (κ2) is 4.77. The van der Waals surface area contributed by atoms with Gasteiger partial charge in [-0.15, -0.1) is 21.5 Å². The van der Waals surface area contributed by atoms with Crippen LogP contribution in [0.2, 0.25) is 0 Å². The molecule has 0 atom stereocenters. The van der Waals surface area contributed by atoms with Gasteiger partial charge in [0.15, 0.2) is 0 Å². The van der Waals surface area contributed by atoms with Crippen molar-refractivity contribution in [3.05, 3.63) is 56.4 Å². The summed E-state index contributed by atoms with van der Waals surface area (Å²) in [5, 5.41) is 9.39. The average molecular weight is 336 g/mol. The molecular weight excluding hydrogens is 320 g/mol. The van der Waals surface area contributed by atoms with Gasteiger partial charge >= 0.3 is 0 Å². The lowest BCUT2D eigenvalue weighted by Gasteiger charge is -2.10. The fourth-order valence-electron chi connectivity index (χ4n) is 3.70. The van der Waals surface area contributed by atoms with Gasteiger partial charge in [-0.2, -0.15) is 0 Å². The minimum Gasteiger partial charge on any atom is -0.268 e. The molecule has 0 fully saturated rings. The molecule has 24 heavy (non-hydrogen) atoms. The van der Waals surface area contributed by atoms with Crippen molar-refractivity contribution in [1.29, 1.82) is 0 Å². The van der Waals surface area contributed by atoms with Crippen LogP contribution in [0.25, 0.3) is 21.7 Å². The first-order chi connectivity index (χ1) is 11.6. The zero-order chi connectivity index (χ0) is 16.4. The van der Waals surface area contributed by atoms with E-state index in [1.807, 2.05) is 42.5 Å². The highest BCUT2D eigenvalue weighted by molar-refractivity contribution is 7.19. The molecule has 0 N–H and O–H groups in total. The van der Waals surface area contributed by atoms with Gasteiger partial charge < -0.3 is 0 Å². The molecule has 0 amide bonds. The SMILES string of the molecule is Cc1cccc(-n2c(=O)c3c4c(sc3n3c(C)nnc23)CCC4)c1. The van der Waals surface area contributed by atoms with Crippen molar-refractivity contribution in [2.45, 2.75) is 33.1 Å². The first-order valence-corrected chi connectivity index (χ1v) is 8.95. The molecule has 0 radical (unpaired) electrons. The molecule has 0 spiro atoms. The van der Waals surface area contributed by atoms with Crippen molar-refractivity contribution < 1.29 is 0 Å². The molecule has 0 unspecified atom stereocenters. The van der Waals surface area contributed by atoms with Crippen LogP contribution in [0.5, 0.6) is 0 Å². The smallest absolute Gasteiger partial charge is 0.268 e. The highest BCUT2D eigenvalue weighted by Gasteiger charge is 2.25. The van der Waals surface area contributed by atoms with Crippen LogP contribution >= 0.6 is 11.3 Å². The molecule has 5 rings (SSSR count). The largest absolute Gasteiger partial charge is 0.268 e. The monoisotopic (exact) mass is 336 g/mol. The number of hydrogen-bond donors (Lipinski definition) is 0. The first-order valence-electron chi connectivity index (χ1n) is 8.13. The first kappa shape index (κ1) is 13.9. The zero-order valence-electron chi connectivity index (χ0n) is 13.5. The van der Waals surface area contributed by atoms with E-state index in [-0.39, 0.29) is 5.56 Å². The third kappa shape index (κ3) is 1.72. The Labute approximate surface area is 142 Å². The minimum absolute atomic E-state index is 0.0231. The quantitative estimate of drug-likeness (QED) is 0.536. The predicted octanol–water partition coefficient (Wildman–Crippen LogP) is 3.20. The van der Waals surface area contributed by atoms with Gasteiger partial charge in [0.25, 0.3) is 5.56 Å². The third-order valence-corrected chi connectivity index (χ3v) is 6.07. The minimum atomic E-state index is 0.0231. The van der Waals surface area contributed by atoms with Crippen LogP contribution in [0.1, 0.15) is 28.2 Å². The fourth-order valence-corrected chi connectivity index (χ4v) is 5.13. The fraction of sp³-hybridized carbons (Fsp3) is 0.278. The molecule has 4 aromatic rings. The maximum Gasteiger partial charge on any atom is 0.268 e. The number of aryl methyl sites for hydroxylation is 4. The predicted molar refractivity (Wildman–Crippen MR) is 95.5 cm³/mol. The molecule has 1 aliphatic rings. The summed E-state index contributed by atoms with van der Waals surface area (Å²) < 4.78 is 3.74. The summed E-state index contributed by atoms with van der Waals surface area (Å²) >= 11 is 1.73. The van der Waals surface area contributed by atoms with Gasteiger partial charge in [0.05, 0.1) is 11.1 Å². The lowest BCUT2D eigenvalue weighted by molar-refractivity contribution is 0.913. The Morgan fingerprint density at radius 2 is 2.04 bits per heavy atom. The number of hydrogen-bond acceptors (Lipinski definition) is 4. The molecule has 3 heterocycles. The molecule has 120 valence electrons. The van der Waals surface area contributed by atoms with Crippen molar-refractivity contribution in [3.8, 4) is 5.69 Å². The number of aromatic nitrogens is 4. The van der Waals surface area contributed by atoms with Crippen LogP contribution in [0.15, 0.2) is 29.1 Å². The second-order valence-corrected chi connectivity index (χ2v) is 7.48. The normalized spacial score (nSPS) is 13.9. The maximum absolute atomic E-state index is 13.4. The molecular formula is C18H16N4OS. The molecule has 0 saturated heterocycles. The van der Waals surface area contributed by atoms with E-state index in [4.69, 9.17) is 0 Å². The van der Waals surface area contributed by atoms with Crippen molar-refractivity contribution >= 4 is 27.3 Å². The Hall–Kier alpha value is -2.47. The molecule has 0 bridgehead atoms. The molecule has 5 nitrogen and oxygen atoms in total. The Morgan fingerprint density at radius 3 is 2.88 bits per heavy atom. The lowest BCUT2D eigenvalue weighted by Crippen LogP contribution is -2.22. The molecule has 6 heteroatoms. The highest BCUT2D eigenvalue weighted by Crippen LogP contribution is 2.36. The van der Waals surface area contributed by atoms with Crippen molar-refractivity contribution in [2.75, 3.05) is 0 Å². The van der Waals surface area contributed by atoms with Crippen molar-refractivity contribution in [1.82, 2.24) is 19.2 Å². The summed E-state index contributed by atoms with van der Waals surface area (Å²) in [5.41, 5.74) is 3.22. The number of rotatable bonds is 1. The van der Waals surface area contributed by atoms with E-state index in [9.17, 15) is 4.79 Å². The lowest BCUT2D eigenvalue weighted by atomic mass is 10.2. The van der Waals surface area contributed by atoms with Gasteiger partial charge in [0.1, 0.15) is 10.7 Å². The van der Waals surface area contributed by atoms with E-state index in [0.717, 1.165) is 46.6 Å². The Morgan fingerprint density at radius 1 is 1.17 bits per heavy atom. The highest BCUT2D eigenvalue weighted by atomic mass is 32.1. The zero-order valence-corrected chi connectivity index (χ0v) is 14.4. The summed E-state index contributed by atoms with van der Waals surface area (Å²) in [6.07, 6.45) is 3.20. The molecule has 0 aliphatic heterocycles. The van der Waals surface area contributed by atoms with Gasteiger partial charge in [-0.1, -0.05) is 12.1 Å². The standard InChI is InChI=1S/C18H16N4OS/c1-10-5-3-6-12(9-10)22-16(23)15-13-7-4-8-14(13)24-17(15)21-11(2)19-20-18(21)22/h3,5-6,9H,4,7-8H2,1-2H3. The Balaban J connectivity index is 2.02. The number of thiophene rings is 1. The van der Waals surface area contributed by atoms with Gasteiger partial charge in [-0.05, 0) is 56.4 Å². The Bertz CT molecular complexity index is 1180. The van der Waals surface area contributed by atoms with Crippen LogP contribution in [-0.4, -0.2) is 19.2 Å². The number of benzene rings is 1. The van der Waals surface area contributed by atoms with Crippen molar-refractivity contribution in [2.24, 2.45) is 0 Å². The summed E-state index contributed by atoms with van der Waals surface area (Å²) in [6.45, 7) is 3.97. The molecule has 1 aromatic carbocycles. The maximum atomic E-state index is 13.4. The van der Waals surface area contributed by atoms with Gasteiger partial charge in [0.2, 0.25) is 5.78 Å². The summed E-state index contributed by atoms with van der Waals surface area (Å²) in [4.78, 5) is 15.7. The van der Waals surface area contributed by atoms with Crippen molar-refractivity contribution in [3.63, 3.8) is 0 Å². The summed E-state index contributed by atoms with van der Waals surface area (Å²) in [7, 11) is 0. The summed E-state index contributed by atoms with van der Waals surface area (Å²) in [6, 6.07) is 7.97. The van der Waals surface area contributed by atoms with Gasteiger partial charge in [-0.25, -0.2) is 4.57 Å². The van der Waals surface area contributed by atoms with Crippen LogP contribution in [-0.2, 0) is 12.8 Å². The van der Waals surface area contributed by atoms with Gasteiger partial charge in [-0.3, -0.25) is 9.20 Å². The number of nitrogens with zero attached hydrogens (tertiary/aromatic N) is 4. The van der Waals surface area contributed by atoms with Gasteiger partial charge in [0, 0.05) is 4.88 Å². The van der Waals surface area contributed by atoms with Crippen LogP contribution in [0.3, 0.4) is 0 Å². The average Bonchev–Trinajstić information content (AvgIpc) is 3.21. The van der Waals surface area contributed by atoms with Crippen LogP contribution in [0, 0.1) is 13.8 Å². The molecule has 3 aromatic heterocycles. The van der Waals surface area contributed by atoms with Crippen LogP contribution in [0.4, 0.5) is 0 Å². The third-order valence-electron chi connectivity index (χ3n) is 4.79. The second-order valence-electron chi connectivity index (χ2n) is 6.40.